The highest BCUT2D eigenvalue weighted by molar-refractivity contribution is 5.73. The molecule has 7 heteroatoms. The van der Waals surface area contributed by atoms with Gasteiger partial charge in [-0.05, 0) is 44.0 Å². The van der Waals surface area contributed by atoms with Gasteiger partial charge in [-0.15, -0.1) is 0 Å². The van der Waals surface area contributed by atoms with E-state index in [1.807, 2.05) is 0 Å². The summed E-state index contributed by atoms with van der Waals surface area (Å²) in [6, 6.07) is 3.87. The smallest absolute Gasteiger partial charge is 0.416 e. The third kappa shape index (κ3) is 6.66. The van der Waals surface area contributed by atoms with Gasteiger partial charge in [0, 0.05) is 32.7 Å². The molecule has 1 aromatic carbocycles. The number of ether oxygens (including phenoxy) is 1. The van der Waals surface area contributed by atoms with Gasteiger partial charge in [-0.1, -0.05) is 6.07 Å². The van der Waals surface area contributed by atoms with Crippen molar-refractivity contribution in [3.05, 3.63) is 34.9 Å². The number of halogens is 3. The first-order valence-electron chi connectivity index (χ1n) is 8.38. The Balaban J connectivity index is 2.19. The van der Waals surface area contributed by atoms with Crippen molar-refractivity contribution < 1.29 is 22.7 Å². The number of nitrogens with one attached hydrogen (secondary N) is 1. The van der Waals surface area contributed by atoms with E-state index in [4.69, 9.17) is 4.74 Å². The minimum atomic E-state index is -4.44. The zero-order valence-electron chi connectivity index (χ0n) is 14.9. The Morgan fingerprint density at radius 1 is 1.12 bits per heavy atom. The number of piperazine rings is 1. The van der Waals surface area contributed by atoms with Crippen LogP contribution in [-0.2, 0) is 28.7 Å². The minimum Gasteiger partial charge on any atom is -0.460 e. The Kier molecular flexibility index (Phi) is 6.11. The van der Waals surface area contributed by atoms with E-state index in [1.165, 1.54) is 6.07 Å². The molecule has 0 spiro atoms. The van der Waals surface area contributed by atoms with E-state index < -0.39 is 23.3 Å². The maximum atomic E-state index is 13.2. The highest BCUT2D eigenvalue weighted by Gasteiger charge is 2.31. The average molecular weight is 358 g/mol. The van der Waals surface area contributed by atoms with E-state index >= 15 is 0 Å². The zero-order chi connectivity index (χ0) is 18.7. The largest absolute Gasteiger partial charge is 0.460 e. The summed E-state index contributed by atoms with van der Waals surface area (Å²) in [7, 11) is 0. The summed E-state index contributed by atoms with van der Waals surface area (Å²) >= 11 is 0. The van der Waals surface area contributed by atoms with E-state index in [0.29, 0.717) is 17.7 Å². The van der Waals surface area contributed by atoms with Crippen LogP contribution < -0.4 is 5.32 Å². The van der Waals surface area contributed by atoms with Gasteiger partial charge in [0.05, 0.1) is 12.0 Å². The Bertz CT molecular complexity index is 603. The van der Waals surface area contributed by atoms with Crippen LogP contribution in [0, 0.1) is 0 Å². The fourth-order valence-corrected chi connectivity index (χ4v) is 2.79. The molecule has 1 N–H and O–H groups in total. The molecule has 25 heavy (non-hydrogen) atoms. The van der Waals surface area contributed by atoms with Crippen molar-refractivity contribution in [2.75, 3.05) is 26.2 Å². The van der Waals surface area contributed by atoms with Crippen LogP contribution >= 0.6 is 0 Å². The summed E-state index contributed by atoms with van der Waals surface area (Å²) in [5, 5.41) is 3.21. The third-order valence-electron chi connectivity index (χ3n) is 3.76. The van der Waals surface area contributed by atoms with Crippen LogP contribution in [0.3, 0.4) is 0 Å². The fourth-order valence-electron chi connectivity index (χ4n) is 2.79. The van der Waals surface area contributed by atoms with Gasteiger partial charge in [-0.2, -0.15) is 13.2 Å². The number of benzene rings is 1. The molecule has 1 aliphatic rings. The minimum absolute atomic E-state index is 0.171. The SMILES string of the molecule is CC(C)(C)OC(=O)Cc1cc(CN2CCNCC2)cc(C(F)(F)F)c1. The van der Waals surface area contributed by atoms with Gasteiger partial charge in [0.1, 0.15) is 5.60 Å². The van der Waals surface area contributed by atoms with E-state index in [1.54, 1.807) is 26.8 Å². The molecule has 0 radical (unpaired) electrons. The molecule has 0 atom stereocenters. The van der Waals surface area contributed by atoms with Crippen LogP contribution in [-0.4, -0.2) is 42.6 Å². The highest BCUT2D eigenvalue weighted by Crippen LogP contribution is 2.31. The van der Waals surface area contributed by atoms with E-state index in [0.717, 1.165) is 32.2 Å². The van der Waals surface area contributed by atoms with Gasteiger partial charge < -0.3 is 10.1 Å². The Morgan fingerprint density at radius 2 is 1.72 bits per heavy atom. The molecule has 0 amide bonds. The van der Waals surface area contributed by atoms with Crippen LogP contribution in [0.5, 0.6) is 0 Å². The van der Waals surface area contributed by atoms with Crippen LogP contribution in [0.2, 0.25) is 0 Å². The number of esters is 1. The van der Waals surface area contributed by atoms with Crippen molar-refractivity contribution in [1.82, 2.24) is 10.2 Å². The first-order valence-corrected chi connectivity index (χ1v) is 8.38. The number of carbonyl (C=O) groups excluding carboxylic acids is 1. The monoisotopic (exact) mass is 358 g/mol. The van der Waals surface area contributed by atoms with Gasteiger partial charge in [-0.25, -0.2) is 0 Å². The van der Waals surface area contributed by atoms with Gasteiger partial charge >= 0.3 is 12.1 Å². The maximum absolute atomic E-state index is 13.2. The summed E-state index contributed by atoms with van der Waals surface area (Å²) < 4.78 is 44.8. The molecular weight excluding hydrogens is 333 g/mol. The van der Waals surface area contributed by atoms with E-state index in [9.17, 15) is 18.0 Å². The summed E-state index contributed by atoms with van der Waals surface area (Å²) in [6.07, 6.45) is -4.61. The number of rotatable bonds is 4. The molecule has 1 aliphatic heterocycles. The summed E-state index contributed by atoms with van der Waals surface area (Å²) in [6.45, 7) is 8.85. The van der Waals surface area contributed by atoms with Crippen LogP contribution in [0.15, 0.2) is 18.2 Å². The molecule has 1 saturated heterocycles. The van der Waals surface area contributed by atoms with E-state index in [-0.39, 0.29) is 6.42 Å². The first-order chi connectivity index (χ1) is 11.5. The number of hydrogen-bond donors (Lipinski definition) is 1. The average Bonchev–Trinajstić information content (AvgIpc) is 2.45. The summed E-state index contributed by atoms with van der Waals surface area (Å²) in [5.74, 6) is -0.528. The van der Waals surface area contributed by atoms with Gasteiger partial charge in [0.15, 0.2) is 0 Å². The molecule has 0 unspecified atom stereocenters. The maximum Gasteiger partial charge on any atom is 0.416 e. The van der Waals surface area contributed by atoms with Gasteiger partial charge in [0.2, 0.25) is 0 Å². The quantitative estimate of drug-likeness (QED) is 0.841. The van der Waals surface area contributed by atoms with Crippen LogP contribution in [0.4, 0.5) is 13.2 Å². The summed E-state index contributed by atoms with van der Waals surface area (Å²) in [4.78, 5) is 14.1. The Labute approximate surface area is 146 Å². The predicted octanol–water partition coefficient (Wildman–Crippen LogP) is 2.99. The number of carbonyl (C=O) groups is 1. The standard InChI is InChI=1S/C18H25F3N2O2/c1-17(2,3)25-16(24)11-13-8-14(10-15(9-13)18(19,20)21)12-23-6-4-22-5-7-23/h8-10,22H,4-7,11-12H2,1-3H3. The first kappa shape index (κ1) is 19.7. The zero-order valence-corrected chi connectivity index (χ0v) is 14.9. The molecule has 0 aromatic heterocycles. The molecule has 0 aliphatic carbocycles. The third-order valence-corrected chi connectivity index (χ3v) is 3.76. The van der Waals surface area contributed by atoms with Crippen LogP contribution in [0.25, 0.3) is 0 Å². The topological polar surface area (TPSA) is 41.6 Å². The second-order valence-corrected chi connectivity index (χ2v) is 7.33. The predicted molar refractivity (Wildman–Crippen MR) is 89.1 cm³/mol. The molecule has 0 bridgehead atoms. The van der Waals surface area contributed by atoms with Crippen molar-refractivity contribution in [1.29, 1.82) is 0 Å². The van der Waals surface area contributed by atoms with Crippen LogP contribution in [0.1, 0.15) is 37.5 Å². The van der Waals surface area contributed by atoms with Gasteiger partial charge in [-0.3, -0.25) is 9.69 Å². The van der Waals surface area contributed by atoms with Crippen molar-refractivity contribution in [2.24, 2.45) is 0 Å². The second kappa shape index (κ2) is 7.74. The number of hydrogen-bond acceptors (Lipinski definition) is 4. The number of nitrogens with zero attached hydrogens (tertiary/aromatic N) is 1. The molecule has 2 rings (SSSR count). The Morgan fingerprint density at radius 3 is 2.28 bits per heavy atom. The lowest BCUT2D eigenvalue weighted by molar-refractivity contribution is -0.154. The molecule has 1 fully saturated rings. The van der Waals surface area contributed by atoms with Crippen molar-refractivity contribution in [2.45, 2.75) is 45.5 Å². The molecule has 1 heterocycles. The van der Waals surface area contributed by atoms with Gasteiger partial charge in [0.25, 0.3) is 0 Å². The normalized spacial score (nSPS) is 16.7. The summed E-state index contributed by atoms with van der Waals surface area (Å²) in [5.41, 5.74) is -0.495. The molecular formula is C18H25F3N2O2. The second-order valence-electron chi connectivity index (χ2n) is 7.33. The molecule has 1 aromatic rings. The lowest BCUT2D eigenvalue weighted by Crippen LogP contribution is -2.42. The molecule has 140 valence electrons. The van der Waals surface area contributed by atoms with Crippen molar-refractivity contribution >= 4 is 5.97 Å². The molecule has 4 nitrogen and oxygen atoms in total. The van der Waals surface area contributed by atoms with E-state index in [2.05, 4.69) is 10.2 Å². The lowest BCUT2D eigenvalue weighted by atomic mass is 10.0. The van der Waals surface area contributed by atoms with Crippen molar-refractivity contribution in [3.8, 4) is 0 Å². The fraction of sp³-hybridized carbons (Fsp3) is 0.611. The highest BCUT2D eigenvalue weighted by atomic mass is 19.4. The van der Waals surface area contributed by atoms with Crippen molar-refractivity contribution in [3.63, 3.8) is 0 Å². The molecule has 0 saturated carbocycles. The lowest BCUT2D eigenvalue weighted by Gasteiger charge is -2.27. The Hall–Kier alpha value is -1.60. The number of alkyl halides is 3.